The topological polar surface area (TPSA) is 79.1 Å². The summed E-state index contributed by atoms with van der Waals surface area (Å²) in [4.78, 5) is 19.6. The number of hydrogen-bond acceptors (Lipinski definition) is 5. The Balaban J connectivity index is 1.51. The van der Waals surface area contributed by atoms with Gasteiger partial charge in [-0.3, -0.25) is 0 Å². The summed E-state index contributed by atoms with van der Waals surface area (Å²) in [5.41, 5.74) is 0. The number of amides is 1. The normalized spacial score (nSPS) is 15.5. The SMILES string of the molecule is CCOC(=O)N1CCC(NC(=NCc2cccs2)NCCc2ccco2)CC1. The Morgan fingerprint density at radius 2 is 2.21 bits per heavy atom. The summed E-state index contributed by atoms with van der Waals surface area (Å²) >= 11 is 1.71. The highest BCUT2D eigenvalue weighted by Crippen LogP contribution is 2.12. The number of hydrogen-bond donors (Lipinski definition) is 2. The molecule has 1 aliphatic heterocycles. The van der Waals surface area contributed by atoms with Gasteiger partial charge in [-0.25, -0.2) is 9.79 Å². The van der Waals surface area contributed by atoms with Crippen molar-refractivity contribution in [2.75, 3.05) is 26.2 Å². The van der Waals surface area contributed by atoms with Gasteiger partial charge in [-0.2, -0.15) is 0 Å². The van der Waals surface area contributed by atoms with E-state index in [2.05, 4.69) is 22.1 Å². The fourth-order valence-electron chi connectivity index (χ4n) is 3.09. The molecule has 1 amide bonds. The maximum atomic E-state index is 11.9. The third kappa shape index (κ3) is 6.30. The average Bonchev–Trinajstić information content (AvgIpc) is 3.41. The summed E-state index contributed by atoms with van der Waals surface area (Å²) in [7, 11) is 0. The first kappa shape index (κ1) is 20.3. The van der Waals surface area contributed by atoms with Crippen LogP contribution < -0.4 is 10.6 Å². The first-order valence-corrected chi connectivity index (χ1v) is 10.6. The van der Waals surface area contributed by atoms with Crippen LogP contribution in [0.25, 0.3) is 0 Å². The highest BCUT2D eigenvalue weighted by Gasteiger charge is 2.24. The second kappa shape index (κ2) is 10.8. The number of ether oxygens (including phenoxy) is 1. The highest BCUT2D eigenvalue weighted by molar-refractivity contribution is 7.09. The summed E-state index contributed by atoms with van der Waals surface area (Å²) in [6.45, 7) is 5.02. The van der Waals surface area contributed by atoms with E-state index in [0.717, 1.165) is 37.5 Å². The smallest absolute Gasteiger partial charge is 0.409 e. The van der Waals surface area contributed by atoms with Crippen molar-refractivity contribution in [3.05, 3.63) is 46.5 Å². The van der Waals surface area contributed by atoms with Crippen molar-refractivity contribution in [3.63, 3.8) is 0 Å². The minimum atomic E-state index is -0.218. The van der Waals surface area contributed by atoms with E-state index in [1.165, 1.54) is 4.88 Å². The molecule has 0 saturated carbocycles. The number of nitrogens with zero attached hydrogens (tertiary/aromatic N) is 2. The van der Waals surface area contributed by atoms with Crippen LogP contribution in [0.15, 0.2) is 45.3 Å². The van der Waals surface area contributed by atoms with Crippen molar-refractivity contribution >= 4 is 23.4 Å². The molecule has 1 saturated heterocycles. The third-order valence-electron chi connectivity index (χ3n) is 4.58. The molecule has 28 heavy (non-hydrogen) atoms. The molecular formula is C20H28N4O3S. The van der Waals surface area contributed by atoms with Crippen molar-refractivity contribution in [1.29, 1.82) is 0 Å². The molecule has 2 aromatic heterocycles. The summed E-state index contributed by atoms with van der Waals surface area (Å²) in [5.74, 6) is 1.75. The largest absolute Gasteiger partial charge is 0.469 e. The fraction of sp³-hybridized carbons (Fsp3) is 0.500. The maximum absolute atomic E-state index is 11.9. The van der Waals surface area contributed by atoms with Gasteiger partial charge in [0.1, 0.15) is 5.76 Å². The van der Waals surface area contributed by atoms with Crippen molar-refractivity contribution in [2.24, 2.45) is 4.99 Å². The van der Waals surface area contributed by atoms with E-state index < -0.39 is 0 Å². The summed E-state index contributed by atoms with van der Waals surface area (Å²) < 4.78 is 10.5. The lowest BCUT2D eigenvalue weighted by Crippen LogP contribution is -2.50. The number of carbonyl (C=O) groups excluding carboxylic acids is 1. The number of thiophene rings is 1. The molecule has 0 unspecified atom stereocenters. The molecule has 152 valence electrons. The van der Waals surface area contributed by atoms with Crippen LogP contribution in [0.5, 0.6) is 0 Å². The predicted octanol–water partition coefficient (Wildman–Crippen LogP) is 3.24. The first-order valence-electron chi connectivity index (χ1n) is 9.76. The van der Waals surface area contributed by atoms with E-state index in [4.69, 9.17) is 14.1 Å². The van der Waals surface area contributed by atoms with Crippen molar-refractivity contribution in [2.45, 2.75) is 38.8 Å². The van der Waals surface area contributed by atoms with Crippen LogP contribution in [0.2, 0.25) is 0 Å². The molecule has 0 aliphatic carbocycles. The molecule has 8 heteroatoms. The number of likely N-dealkylation sites (tertiary alicyclic amines) is 1. The lowest BCUT2D eigenvalue weighted by atomic mass is 10.1. The van der Waals surface area contributed by atoms with Gasteiger partial charge in [0, 0.05) is 37.0 Å². The molecule has 0 atom stereocenters. The Kier molecular flexibility index (Phi) is 7.78. The molecule has 1 fully saturated rings. The standard InChI is InChI=1S/C20H28N4O3S/c1-2-26-20(25)24-11-8-16(9-12-24)23-19(22-15-18-6-4-14-28-18)21-10-7-17-5-3-13-27-17/h3-6,13-14,16H,2,7-12,15H2,1H3,(H2,21,22,23). The zero-order chi connectivity index (χ0) is 19.6. The molecule has 0 radical (unpaired) electrons. The molecule has 2 aromatic rings. The summed E-state index contributed by atoms with van der Waals surface area (Å²) in [6.07, 6.45) is 4.02. The van der Waals surface area contributed by atoms with Crippen LogP contribution in [-0.4, -0.2) is 49.2 Å². The molecule has 0 aromatic carbocycles. The molecule has 0 spiro atoms. The Morgan fingerprint density at radius 3 is 2.89 bits per heavy atom. The third-order valence-corrected chi connectivity index (χ3v) is 5.44. The molecule has 2 N–H and O–H groups in total. The van der Waals surface area contributed by atoms with Gasteiger partial charge in [0.25, 0.3) is 0 Å². The van der Waals surface area contributed by atoms with Crippen molar-refractivity contribution < 1.29 is 13.9 Å². The van der Waals surface area contributed by atoms with E-state index in [9.17, 15) is 4.79 Å². The van der Waals surface area contributed by atoms with Crippen molar-refractivity contribution in [1.82, 2.24) is 15.5 Å². The Hall–Kier alpha value is -2.48. The highest BCUT2D eigenvalue weighted by atomic mass is 32.1. The van der Waals surface area contributed by atoms with E-state index in [0.29, 0.717) is 26.2 Å². The van der Waals surface area contributed by atoms with Crippen LogP contribution >= 0.6 is 11.3 Å². The van der Waals surface area contributed by atoms with Crippen LogP contribution in [-0.2, 0) is 17.7 Å². The number of nitrogens with one attached hydrogen (secondary N) is 2. The molecule has 3 rings (SSSR count). The molecule has 0 bridgehead atoms. The minimum Gasteiger partial charge on any atom is -0.469 e. The first-order chi connectivity index (χ1) is 13.7. The van der Waals surface area contributed by atoms with Gasteiger partial charge < -0.3 is 24.7 Å². The minimum absolute atomic E-state index is 0.218. The molecule has 1 aliphatic rings. The number of aliphatic imine (C=N–C) groups is 1. The van der Waals surface area contributed by atoms with Gasteiger partial charge in [0.2, 0.25) is 0 Å². The second-order valence-electron chi connectivity index (χ2n) is 6.60. The van der Waals surface area contributed by atoms with Crippen LogP contribution in [0.1, 0.15) is 30.4 Å². The maximum Gasteiger partial charge on any atom is 0.409 e. The number of guanidine groups is 1. The lowest BCUT2D eigenvalue weighted by Gasteiger charge is -2.32. The quantitative estimate of drug-likeness (QED) is 0.547. The lowest BCUT2D eigenvalue weighted by molar-refractivity contribution is 0.0963. The number of piperidine rings is 1. The van der Waals surface area contributed by atoms with Crippen molar-refractivity contribution in [3.8, 4) is 0 Å². The Labute approximate surface area is 169 Å². The summed E-state index contributed by atoms with van der Waals surface area (Å²) in [6, 6.07) is 8.29. The molecule has 7 nitrogen and oxygen atoms in total. The number of carbonyl (C=O) groups is 1. The second-order valence-corrected chi connectivity index (χ2v) is 7.64. The monoisotopic (exact) mass is 404 g/mol. The average molecular weight is 405 g/mol. The fourth-order valence-corrected chi connectivity index (χ4v) is 3.71. The van der Waals surface area contributed by atoms with Gasteiger partial charge >= 0.3 is 6.09 Å². The zero-order valence-electron chi connectivity index (χ0n) is 16.2. The van der Waals surface area contributed by atoms with Crippen LogP contribution in [0.3, 0.4) is 0 Å². The van der Waals surface area contributed by atoms with E-state index >= 15 is 0 Å². The predicted molar refractivity (Wildman–Crippen MR) is 111 cm³/mol. The number of furan rings is 1. The Bertz CT molecular complexity index is 723. The zero-order valence-corrected chi connectivity index (χ0v) is 17.0. The van der Waals surface area contributed by atoms with E-state index in [-0.39, 0.29) is 12.1 Å². The van der Waals surface area contributed by atoms with E-state index in [1.807, 2.05) is 25.1 Å². The molecular weight excluding hydrogens is 376 g/mol. The number of rotatable bonds is 7. The van der Waals surface area contributed by atoms with E-state index in [1.54, 1.807) is 22.5 Å². The van der Waals surface area contributed by atoms with Gasteiger partial charge in [0.05, 0.1) is 19.4 Å². The van der Waals surface area contributed by atoms with Crippen LogP contribution in [0, 0.1) is 0 Å². The Morgan fingerprint density at radius 1 is 1.36 bits per heavy atom. The van der Waals surface area contributed by atoms with Gasteiger partial charge in [-0.15, -0.1) is 11.3 Å². The van der Waals surface area contributed by atoms with Crippen LogP contribution in [0.4, 0.5) is 4.79 Å². The van der Waals surface area contributed by atoms with Gasteiger partial charge in [-0.05, 0) is 43.3 Å². The molecule has 3 heterocycles. The van der Waals surface area contributed by atoms with Gasteiger partial charge in [-0.1, -0.05) is 6.07 Å². The summed E-state index contributed by atoms with van der Waals surface area (Å²) in [5, 5.41) is 8.99. The van der Waals surface area contributed by atoms with Gasteiger partial charge in [0.15, 0.2) is 5.96 Å².